The smallest absolute Gasteiger partial charge is 0.216 e. The number of nitrogens with zero attached hydrogens (tertiary/aromatic N) is 4. The summed E-state index contributed by atoms with van der Waals surface area (Å²) in [6.07, 6.45) is 0. The van der Waals surface area contributed by atoms with Crippen LogP contribution in [-0.2, 0) is 5.88 Å². The molecule has 0 N–H and O–H groups in total. The minimum absolute atomic E-state index is 0.329. The van der Waals surface area contributed by atoms with Crippen LogP contribution < -0.4 is 0 Å². The molecule has 90 valence electrons. The van der Waals surface area contributed by atoms with Crippen LogP contribution in [0.15, 0.2) is 6.07 Å². The fourth-order valence-electron chi connectivity index (χ4n) is 1.62. The monoisotopic (exact) mass is 270 g/mol. The minimum Gasteiger partial charge on any atom is -0.216 e. The Morgan fingerprint density at radius 3 is 2.24 bits per heavy atom. The first-order chi connectivity index (χ1) is 8.02. The van der Waals surface area contributed by atoms with Gasteiger partial charge in [-0.15, -0.1) is 11.6 Å². The highest BCUT2D eigenvalue weighted by Gasteiger charge is 2.15. The molecule has 2 aromatic heterocycles. The molecule has 2 heterocycles. The summed E-state index contributed by atoms with van der Waals surface area (Å²) < 4.78 is 1.52. The molecule has 0 radical (unpaired) electrons. The minimum atomic E-state index is 0.329. The van der Waals surface area contributed by atoms with Gasteiger partial charge in [0, 0.05) is 17.0 Å². The summed E-state index contributed by atoms with van der Waals surface area (Å²) in [4.78, 5) is 8.63. The van der Waals surface area contributed by atoms with E-state index >= 15 is 0 Å². The van der Waals surface area contributed by atoms with Crippen molar-refractivity contribution in [3.05, 3.63) is 33.9 Å². The number of alkyl halides is 1. The summed E-state index contributed by atoms with van der Waals surface area (Å²) in [6.45, 7) is 5.68. The molecule has 2 rings (SSSR count). The maximum atomic E-state index is 6.20. The Kier molecular flexibility index (Phi) is 3.35. The Balaban J connectivity index is 2.60. The summed E-state index contributed by atoms with van der Waals surface area (Å²) in [5, 5.41) is 4.78. The zero-order valence-electron chi connectivity index (χ0n) is 9.83. The summed E-state index contributed by atoms with van der Waals surface area (Å²) in [6, 6.07) is 1.90. The van der Waals surface area contributed by atoms with Crippen LogP contribution in [0.25, 0.3) is 5.95 Å². The van der Waals surface area contributed by atoms with Crippen molar-refractivity contribution in [3.63, 3.8) is 0 Å². The molecule has 6 heteroatoms. The molecule has 17 heavy (non-hydrogen) atoms. The standard InChI is InChI=1S/C11H12Cl2N4/c1-6-4-7(2)15-11(14-6)17-10(13)9(5-12)8(3)16-17/h4H,5H2,1-3H3. The SMILES string of the molecule is Cc1cc(C)nc(-n2nc(C)c(CCl)c2Cl)n1. The third-order valence-corrected chi connectivity index (χ3v) is 3.07. The van der Waals surface area contributed by atoms with Gasteiger partial charge in [0.25, 0.3) is 5.95 Å². The first-order valence-electron chi connectivity index (χ1n) is 5.15. The second-order valence-corrected chi connectivity index (χ2v) is 4.48. The summed E-state index contributed by atoms with van der Waals surface area (Å²) >= 11 is 12.0. The number of hydrogen-bond donors (Lipinski definition) is 0. The predicted octanol–water partition coefficient (Wildman–Crippen LogP) is 2.98. The topological polar surface area (TPSA) is 43.6 Å². The van der Waals surface area contributed by atoms with Crippen molar-refractivity contribution < 1.29 is 0 Å². The number of aryl methyl sites for hydroxylation is 3. The summed E-state index contributed by atoms with van der Waals surface area (Å²) in [7, 11) is 0. The lowest BCUT2D eigenvalue weighted by molar-refractivity contribution is 0.784. The van der Waals surface area contributed by atoms with Gasteiger partial charge in [-0.3, -0.25) is 0 Å². The molecule has 0 unspecified atom stereocenters. The van der Waals surface area contributed by atoms with Gasteiger partial charge in [-0.05, 0) is 26.8 Å². The third-order valence-electron chi connectivity index (χ3n) is 2.42. The average molecular weight is 271 g/mol. The van der Waals surface area contributed by atoms with E-state index in [0.717, 1.165) is 22.6 Å². The molecule has 0 amide bonds. The van der Waals surface area contributed by atoms with Gasteiger partial charge in [-0.1, -0.05) is 11.6 Å². The Morgan fingerprint density at radius 1 is 1.18 bits per heavy atom. The first-order valence-corrected chi connectivity index (χ1v) is 6.06. The van der Waals surface area contributed by atoms with Crippen LogP contribution >= 0.6 is 23.2 Å². The highest BCUT2D eigenvalue weighted by atomic mass is 35.5. The Morgan fingerprint density at radius 2 is 1.76 bits per heavy atom. The van der Waals surface area contributed by atoms with Crippen molar-refractivity contribution in [2.45, 2.75) is 26.7 Å². The Hall–Kier alpha value is -1.13. The Bertz CT molecular complexity index is 543. The van der Waals surface area contributed by atoms with Crippen molar-refractivity contribution in [3.8, 4) is 5.95 Å². The lowest BCUT2D eigenvalue weighted by Gasteiger charge is -2.03. The van der Waals surface area contributed by atoms with Crippen molar-refractivity contribution in [2.75, 3.05) is 0 Å². The molecular weight excluding hydrogens is 259 g/mol. The van der Waals surface area contributed by atoms with E-state index in [9.17, 15) is 0 Å². The normalized spacial score (nSPS) is 10.9. The van der Waals surface area contributed by atoms with Crippen molar-refractivity contribution in [2.24, 2.45) is 0 Å². The fourth-order valence-corrected chi connectivity index (χ4v) is 2.32. The van der Waals surface area contributed by atoms with Gasteiger partial charge in [-0.25, -0.2) is 9.97 Å². The second-order valence-electron chi connectivity index (χ2n) is 3.85. The van der Waals surface area contributed by atoms with Gasteiger partial charge in [-0.2, -0.15) is 9.78 Å². The lowest BCUT2D eigenvalue weighted by Crippen LogP contribution is -2.05. The summed E-state index contributed by atoms with van der Waals surface area (Å²) in [5.41, 5.74) is 3.37. The van der Waals surface area contributed by atoms with Crippen LogP contribution in [0.5, 0.6) is 0 Å². The summed E-state index contributed by atoms with van der Waals surface area (Å²) in [5.74, 6) is 0.808. The van der Waals surface area contributed by atoms with E-state index in [1.807, 2.05) is 26.8 Å². The van der Waals surface area contributed by atoms with Gasteiger partial charge in [0.1, 0.15) is 5.15 Å². The third kappa shape index (κ3) is 2.28. The second kappa shape index (κ2) is 4.63. The van der Waals surface area contributed by atoms with Crippen LogP contribution in [0.1, 0.15) is 22.6 Å². The molecule has 4 nitrogen and oxygen atoms in total. The van der Waals surface area contributed by atoms with Gasteiger partial charge >= 0.3 is 0 Å². The van der Waals surface area contributed by atoms with Gasteiger partial charge in [0.05, 0.1) is 11.6 Å². The van der Waals surface area contributed by atoms with Gasteiger partial charge in [0.2, 0.25) is 0 Å². The molecule has 0 fully saturated rings. The van der Waals surface area contributed by atoms with Crippen LogP contribution in [-0.4, -0.2) is 19.7 Å². The van der Waals surface area contributed by atoms with Crippen LogP contribution in [0, 0.1) is 20.8 Å². The number of aromatic nitrogens is 4. The van der Waals surface area contributed by atoms with E-state index in [4.69, 9.17) is 23.2 Å². The Labute approximate surface area is 110 Å². The van der Waals surface area contributed by atoms with Gasteiger partial charge in [0.15, 0.2) is 0 Å². The molecule has 0 saturated carbocycles. The predicted molar refractivity (Wildman–Crippen MR) is 67.9 cm³/mol. The molecule has 0 aliphatic rings. The van der Waals surface area contributed by atoms with E-state index < -0.39 is 0 Å². The highest BCUT2D eigenvalue weighted by Crippen LogP contribution is 2.23. The van der Waals surface area contributed by atoms with Crippen molar-refractivity contribution >= 4 is 23.2 Å². The molecule has 0 saturated heterocycles. The van der Waals surface area contributed by atoms with Crippen LogP contribution in [0.2, 0.25) is 5.15 Å². The zero-order chi connectivity index (χ0) is 12.6. The molecule has 0 spiro atoms. The highest BCUT2D eigenvalue weighted by molar-refractivity contribution is 6.31. The average Bonchev–Trinajstić information content (AvgIpc) is 2.52. The maximum absolute atomic E-state index is 6.20. The first kappa shape index (κ1) is 12.3. The number of hydrogen-bond acceptors (Lipinski definition) is 3. The van der Waals surface area contributed by atoms with Crippen LogP contribution in [0.4, 0.5) is 0 Å². The molecular formula is C11H12Cl2N4. The number of halogens is 2. The van der Waals surface area contributed by atoms with E-state index in [0.29, 0.717) is 17.0 Å². The maximum Gasteiger partial charge on any atom is 0.252 e. The van der Waals surface area contributed by atoms with Crippen LogP contribution in [0.3, 0.4) is 0 Å². The number of rotatable bonds is 2. The lowest BCUT2D eigenvalue weighted by atomic mass is 10.3. The molecule has 0 aliphatic carbocycles. The van der Waals surface area contributed by atoms with Gasteiger partial charge < -0.3 is 0 Å². The fraction of sp³-hybridized carbons (Fsp3) is 0.364. The molecule has 0 aromatic carbocycles. The molecule has 0 aliphatic heterocycles. The van der Waals surface area contributed by atoms with E-state index in [-0.39, 0.29) is 0 Å². The van der Waals surface area contributed by atoms with E-state index in [2.05, 4.69) is 15.1 Å². The molecule has 0 atom stereocenters. The molecule has 0 bridgehead atoms. The van der Waals surface area contributed by atoms with E-state index in [1.165, 1.54) is 4.68 Å². The van der Waals surface area contributed by atoms with E-state index in [1.54, 1.807) is 0 Å². The van der Waals surface area contributed by atoms with Crippen molar-refractivity contribution in [1.29, 1.82) is 0 Å². The zero-order valence-corrected chi connectivity index (χ0v) is 11.3. The molecule has 2 aromatic rings. The van der Waals surface area contributed by atoms with Crippen molar-refractivity contribution in [1.82, 2.24) is 19.7 Å². The quantitative estimate of drug-likeness (QED) is 0.789. The largest absolute Gasteiger partial charge is 0.252 e.